The molecule has 3 heterocycles. The molecular formula is C33H35N3O3. The molecule has 0 bridgehead atoms. The molecule has 6 rings (SSSR count). The van der Waals surface area contributed by atoms with E-state index < -0.39 is 0 Å². The predicted octanol–water partition coefficient (Wildman–Crippen LogP) is 5.52. The molecule has 0 N–H and O–H groups in total. The van der Waals surface area contributed by atoms with Gasteiger partial charge in [-0.1, -0.05) is 60.7 Å². The lowest BCUT2D eigenvalue weighted by molar-refractivity contribution is -0.118. The van der Waals surface area contributed by atoms with Crippen LogP contribution in [0.15, 0.2) is 79.0 Å². The molecule has 0 radical (unpaired) electrons. The average molecular weight is 522 g/mol. The van der Waals surface area contributed by atoms with Crippen molar-refractivity contribution in [1.29, 1.82) is 0 Å². The summed E-state index contributed by atoms with van der Waals surface area (Å²) in [6, 6.07) is 24.3. The smallest absolute Gasteiger partial charge is 0.231 e. The van der Waals surface area contributed by atoms with Crippen LogP contribution in [0, 0.1) is 0 Å². The second kappa shape index (κ2) is 11.1. The first-order valence-corrected chi connectivity index (χ1v) is 14.0. The number of anilines is 1. The summed E-state index contributed by atoms with van der Waals surface area (Å²) in [7, 11) is 1.69. The first-order chi connectivity index (χ1) is 19.1. The fourth-order valence-corrected chi connectivity index (χ4v) is 6.31. The number of para-hydroxylation sites is 2. The molecule has 6 heteroatoms. The van der Waals surface area contributed by atoms with E-state index in [4.69, 9.17) is 4.74 Å². The van der Waals surface area contributed by atoms with Gasteiger partial charge in [0.05, 0.1) is 19.0 Å². The average Bonchev–Trinajstić information content (AvgIpc) is 3.51. The van der Waals surface area contributed by atoms with Gasteiger partial charge in [-0.2, -0.15) is 0 Å². The van der Waals surface area contributed by atoms with Crippen LogP contribution in [-0.2, 0) is 24.2 Å². The summed E-state index contributed by atoms with van der Waals surface area (Å²) in [5.41, 5.74) is 5.02. The highest BCUT2D eigenvalue weighted by Gasteiger charge is 2.34. The highest BCUT2D eigenvalue weighted by Crippen LogP contribution is 2.34. The van der Waals surface area contributed by atoms with Gasteiger partial charge >= 0.3 is 0 Å². The van der Waals surface area contributed by atoms with Gasteiger partial charge in [0, 0.05) is 54.9 Å². The minimum atomic E-state index is 0.123. The number of aryl methyl sites for hydroxylation is 1. The van der Waals surface area contributed by atoms with Gasteiger partial charge < -0.3 is 19.1 Å². The standard InChI is InChI=1S/C33H35N3O3/c1-39-31-14-7-12-27-28(30(37)21-24-9-3-2-4-10-24)23-35(33(27)31)18-8-17-34-19-15-26(16-20-34)36-29-13-6-5-11-25(29)22-32(36)38/h2-7,9-14,23,26H,8,15-22H2,1H3. The monoisotopic (exact) mass is 521 g/mol. The van der Waals surface area contributed by atoms with E-state index in [1.165, 1.54) is 0 Å². The van der Waals surface area contributed by atoms with Gasteiger partial charge in [0.1, 0.15) is 5.75 Å². The van der Waals surface area contributed by atoms with Crippen LogP contribution in [-0.4, -0.2) is 53.9 Å². The van der Waals surface area contributed by atoms with E-state index in [2.05, 4.69) is 26.5 Å². The molecule has 0 saturated carbocycles. The summed E-state index contributed by atoms with van der Waals surface area (Å²) >= 11 is 0. The predicted molar refractivity (Wildman–Crippen MR) is 155 cm³/mol. The number of nitrogens with zero attached hydrogens (tertiary/aromatic N) is 3. The molecule has 0 spiro atoms. The van der Waals surface area contributed by atoms with Crippen LogP contribution in [0.1, 0.15) is 40.7 Å². The number of ether oxygens (including phenoxy) is 1. The third kappa shape index (κ3) is 5.09. The van der Waals surface area contributed by atoms with E-state index in [0.29, 0.717) is 12.8 Å². The number of benzene rings is 3. The van der Waals surface area contributed by atoms with Crippen molar-refractivity contribution in [2.24, 2.45) is 0 Å². The number of hydrogen-bond acceptors (Lipinski definition) is 4. The van der Waals surface area contributed by atoms with Crippen molar-refractivity contribution in [3.05, 3.63) is 95.7 Å². The number of rotatable bonds is 9. The van der Waals surface area contributed by atoms with Crippen LogP contribution in [0.5, 0.6) is 5.75 Å². The maximum atomic E-state index is 13.3. The molecule has 0 atom stereocenters. The third-order valence-corrected chi connectivity index (χ3v) is 8.25. The molecular weight excluding hydrogens is 486 g/mol. The summed E-state index contributed by atoms with van der Waals surface area (Å²) in [5.74, 6) is 1.15. The van der Waals surface area contributed by atoms with Gasteiger partial charge in [0.15, 0.2) is 5.78 Å². The molecule has 1 saturated heterocycles. The maximum Gasteiger partial charge on any atom is 0.231 e. The second-order valence-corrected chi connectivity index (χ2v) is 10.7. The topological polar surface area (TPSA) is 54.8 Å². The van der Waals surface area contributed by atoms with E-state index in [-0.39, 0.29) is 17.7 Å². The zero-order chi connectivity index (χ0) is 26.8. The van der Waals surface area contributed by atoms with Crippen LogP contribution in [0.25, 0.3) is 10.9 Å². The number of piperidine rings is 1. The number of aromatic nitrogens is 1. The Bertz CT molecular complexity index is 1480. The third-order valence-electron chi connectivity index (χ3n) is 8.25. The molecule has 1 fully saturated rings. The molecule has 1 amide bonds. The first kappa shape index (κ1) is 25.4. The van der Waals surface area contributed by atoms with E-state index in [0.717, 1.165) is 84.5 Å². The molecule has 2 aliphatic heterocycles. The van der Waals surface area contributed by atoms with Crippen molar-refractivity contribution in [3.8, 4) is 5.75 Å². The Morgan fingerprint density at radius 2 is 1.69 bits per heavy atom. The summed E-state index contributed by atoms with van der Waals surface area (Å²) < 4.78 is 7.89. The van der Waals surface area contributed by atoms with Crippen molar-refractivity contribution in [3.63, 3.8) is 0 Å². The van der Waals surface area contributed by atoms with Crippen LogP contribution in [0.3, 0.4) is 0 Å². The number of methoxy groups -OCH3 is 1. The van der Waals surface area contributed by atoms with Crippen LogP contribution >= 0.6 is 0 Å². The number of hydrogen-bond donors (Lipinski definition) is 0. The van der Waals surface area contributed by atoms with Gasteiger partial charge in [-0.05, 0) is 49.1 Å². The molecule has 200 valence electrons. The lowest BCUT2D eigenvalue weighted by Crippen LogP contribution is -2.46. The van der Waals surface area contributed by atoms with Crippen molar-refractivity contribution >= 4 is 28.3 Å². The number of Topliss-reactive ketones (excluding diaryl/α,β-unsaturated/α-hetero) is 1. The minimum Gasteiger partial charge on any atom is -0.495 e. The molecule has 4 aromatic rings. The first-order valence-electron chi connectivity index (χ1n) is 14.0. The fraction of sp³-hybridized carbons (Fsp3) is 0.333. The normalized spacial score (nSPS) is 16.1. The van der Waals surface area contributed by atoms with Crippen molar-refractivity contribution in [1.82, 2.24) is 9.47 Å². The molecule has 0 aliphatic carbocycles. The summed E-state index contributed by atoms with van der Waals surface area (Å²) in [6.45, 7) is 3.78. The van der Waals surface area contributed by atoms with Gasteiger partial charge in [0.2, 0.25) is 5.91 Å². The Labute approximate surface area is 229 Å². The SMILES string of the molecule is COc1cccc2c(C(=O)Cc3ccccc3)cn(CCCN3CCC(N4C(=O)Cc5ccccc54)CC3)c12. The zero-order valence-electron chi connectivity index (χ0n) is 22.5. The van der Waals surface area contributed by atoms with Crippen LogP contribution < -0.4 is 9.64 Å². The Kier molecular flexibility index (Phi) is 7.20. The summed E-state index contributed by atoms with van der Waals surface area (Å²) in [6.07, 6.45) is 5.90. The lowest BCUT2D eigenvalue weighted by Gasteiger charge is -2.37. The van der Waals surface area contributed by atoms with E-state index in [1.54, 1.807) is 7.11 Å². The summed E-state index contributed by atoms with van der Waals surface area (Å²) in [5, 5.41) is 0.951. The van der Waals surface area contributed by atoms with Gasteiger partial charge in [-0.15, -0.1) is 0 Å². The van der Waals surface area contributed by atoms with E-state index in [9.17, 15) is 9.59 Å². The van der Waals surface area contributed by atoms with Crippen LogP contribution in [0.4, 0.5) is 5.69 Å². The largest absolute Gasteiger partial charge is 0.495 e. The number of carbonyl (C=O) groups is 2. The lowest BCUT2D eigenvalue weighted by atomic mass is 10.0. The quantitative estimate of drug-likeness (QED) is 0.272. The van der Waals surface area contributed by atoms with E-state index in [1.807, 2.05) is 66.9 Å². The Morgan fingerprint density at radius 1 is 0.923 bits per heavy atom. The highest BCUT2D eigenvalue weighted by molar-refractivity contribution is 6.10. The van der Waals surface area contributed by atoms with Crippen molar-refractivity contribution in [2.75, 3.05) is 31.6 Å². The minimum absolute atomic E-state index is 0.123. The number of ketones is 1. The van der Waals surface area contributed by atoms with Crippen LogP contribution in [0.2, 0.25) is 0 Å². The van der Waals surface area contributed by atoms with Gasteiger partial charge in [-0.3, -0.25) is 9.59 Å². The molecule has 0 unspecified atom stereocenters. The number of likely N-dealkylation sites (tertiary alicyclic amines) is 1. The summed E-state index contributed by atoms with van der Waals surface area (Å²) in [4.78, 5) is 30.6. The number of fused-ring (bicyclic) bond motifs is 2. The Morgan fingerprint density at radius 3 is 2.49 bits per heavy atom. The zero-order valence-corrected chi connectivity index (χ0v) is 22.5. The fourth-order valence-electron chi connectivity index (χ4n) is 6.31. The number of carbonyl (C=O) groups excluding carboxylic acids is 2. The molecule has 2 aliphatic rings. The Balaban J connectivity index is 1.10. The molecule has 39 heavy (non-hydrogen) atoms. The van der Waals surface area contributed by atoms with Crippen molar-refractivity contribution < 1.29 is 14.3 Å². The van der Waals surface area contributed by atoms with Gasteiger partial charge in [0.25, 0.3) is 0 Å². The second-order valence-electron chi connectivity index (χ2n) is 10.7. The molecule has 6 nitrogen and oxygen atoms in total. The van der Waals surface area contributed by atoms with E-state index >= 15 is 0 Å². The highest BCUT2D eigenvalue weighted by atomic mass is 16.5. The molecule has 1 aromatic heterocycles. The molecule has 3 aromatic carbocycles. The number of amides is 1. The maximum absolute atomic E-state index is 13.3. The Hall–Kier alpha value is -3.90. The van der Waals surface area contributed by atoms with Gasteiger partial charge in [-0.25, -0.2) is 0 Å². The van der Waals surface area contributed by atoms with Crippen molar-refractivity contribution in [2.45, 2.75) is 44.7 Å².